The molecule has 2 aromatic rings. The summed E-state index contributed by atoms with van der Waals surface area (Å²) in [6, 6.07) is 7.29. The van der Waals surface area contributed by atoms with Gasteiger partial charge in [0.25, 0.3) is 0 Å². The molecule has 1 aromatic heterocycles. The summed E-state index contributed by atoms with van der Waals surface area (Å²) >= 11 is 0. The molecule has 1 aromatic carbocycles. The molecule has 106 valence electrons. The number of hydrogen-bond acceptors (Lipinski definition) is 2. The van der Waals surface area contributed by atoms with Crippen LogP contribution in [-0.4, -0.2) is 16.0 Å². The van der Waals surface area contributed by atoms with E-state index in [1.165, 1.54) is 42.4 Å². The van der Waals surface area contributed by atoms with Crippen LogP contribution in [0.4, 0.5) is 0 Å². The fourth-order valence-electron chi connectivity index (χ4n) is 3.10. The fraction of sp³-hybridized carbons (Fsp3) is 0.471. The molecular formula is C17H23N3. The van der Waals surface area contributed by atoms with Gasteiger partial charge in [-0.3, -0.25) is 0 Å². The minimum absolute atomic E-state index is 0.685. The highest BCUT2D eigenvalue weighted by molar-refractivity contribution is 5.60. The van der Waals surface area contributed by atoms with Crippen molar-refractivity contribution < 1.29 is 0 Å². The first kappa shape index (κ1) is 13.4. The van der Waals surface area contributed by atoms with Crippen molar-refractivity contribution in [1.82, 2.24) is 15.3 Å². The van der Waals surface area contributed by atoms with Crippen molar-refractivity contribution in [2.45, 2.75) is 52.1 Å². The lowest BCUT2D eigenvalue weighted by Crippen LogP contribution is -2.25. The SMILES string of the molecule is Cc1cc(C)cc(-c2cnc(CNC3CCCC3)[nH]2)c1. The molecule has 0 unspecified atom stereocenters. The van der Waals surface area contributed by atoms with E-state index in [0.717, 1.165) is 18.1 Å². The van der Waals surface area contributed by atoms with Crippen molar-refractivity contribution in [2.75, 3.05) is 0 Å². The maximum absolute atomic E-state index is 4.49. The number of H-pyrrole nitrogens is 1. The number of hydrogen-bond donors (Lipinski definition) is 2. The molecule has 3 heteroatoms. The average molecular weight is 269 g/mol. The van der Waals surface area contributed by atoms with E-state index in [9.17, 15) is 0 Å². The Kier molecular flexibility index (Phi) is 3.88. The van der Waals surface area contributed by atoms with Crippen LogP contribution in [0.15, 0.2) is 24.4 Å². The predicted octanol–water partition coefficient (Wildman–Crippen LogP) is 3.73. The minimum Gasteiger partial charge on any atom is -0.341 e. The molecular weight excluding hydrogens is 246 g/mol. The Labute approximate surface area is 120 Å². The summed E-state index contributed by atoms with van der Waals surface area (Å²) in [5, 5.41) is 3.59. The van der Waals surface area contributed by atoms with Crippen molar-refractivity contribution in [3.63, 3.8) is 0 Å². The van der Waals surface area contributed by atoms with Crippen molar-refractivity contribution in [3.05, 3.63) is 41.3 Å². The largest absolute Gasteiger partial charge is 0.341 e. The first-order chi connectivity index (χ1) is 9.70. The average Bonchev–Trinajstić information content (AvgIpc) is 3.07. The maximum atomic E-state index is 4.49. The summed E-state index contributed by atoms with van der Waals surface area (Å²) in [6.45, 7) is 5.11. The zero-order valence-electron chi connectivity index (χ0n) is 12.4. The van der Waals surface area contributed by atoms with Crippen LogP contribution >= 0.6 is 0 Å². The Morgan fingerprint density at radius 3 is 2.55 bits per heavy atom. The Bertz CT molecular complexity index is 559. The van der Waals surface area contributed by atoms with E-state index in [1.807, 2.05) is 6.20 Å². The summed E-state index contributed by atoms with van der Waals surface area (Å²) in [7, 11) is 0. The molecule has 1 aliphatic rings. The highest BCUT2D eigenvalue weighted by Gasteiger charge is 2.14. The van der Waals surface area contributed by atoms with Gasteiger partial charge in [0.15, 0.2) is 0 Å². The third-order valence-electron chi connectivity index (χ3n) is 4.07. The van der Waals surface area contributed by atoms with Gasteiger partial charge in [-0.2, -0.15) is 0 Å². The van der Waals surface area contributed by atoms with E-state index in [4.69, 9.17) is 0 Å². The predicted molar refractivity (Wildman–Crippen MR) is 82.6 cm³/mol. The normalized spacial score (nSPS) is 15.9. The van der Waals surface area contributed by atoms with Gasteiger partial charge in [0.05, 0.1) is 18.4 Å². The van der Waals surface area contributed by atoms with Gasteiger partial charge in [-0.05, 0) is 38.8 Å². The van der Waals surface area contributed by atoms with Crippen molar-refractivity contribution in [2.24, 2.45) is 0 Å². The van der Waals surface area contributed by atoms with Crippen LogP contribution in [0, 0.1) is 13.8 Å². The number of aryl methyl sites for hydroxylation is 2. The summed E-state index contributed by atoms with van der Waals surface area (Å²) in [4.78, 5) is 7.93. The number of nitrogens with zero attached hydrogens (tertiary/aromatic N) is 1. The Hall–Kier alpha value is -1.61. The monoisotopic (exact) mass is 269 g/mol. The molecule has 3 nitrogen and oxygen atoms in total. The number of rotatable bonds is 4. The molecule has 0 amide bonds. The zero-order valence-corrected chi connectivity index (χ0v) is 12.4. The molecule has 1 heterocycles. The number of benzene rings is 1. The van der Waals surface area contributed by atoms with E-state index in [0.29, 0.717) is 6.04 Å². The number of imidazole rings is 1. The topological polar surface area (TPSA) is 40.7 Å². The van der Waals surface area contributed by atoms with Crippen LogP contribution in [0.1, 0.15) is 42.6 Å². The van der Waals surface area contributed by atoms with Gasteiger partial charge in [-0.25, -0.2) is 4.98 Å². The van der Waals surface area contributed by atoms with Gasteiger partial charge in [-0.15, -0.1) is 0 Å². The smallest absolute Gasteiger partial charge is 0.120 e. The lowest BCUT2D eigenvalue weighted by molar-refractivity contribution is 0.515. The molecule has 0 spiro atoms. The van der Waals surface area contributed by atoms with Crippen LogP contribution in [-0.2, 0) is 6.54 Å². The molecule has 0 atom stereocenters. The van der Waals surface area contributed by atoms with E-state index < -0.39 is 0 Å². The lowest BCUT2D eigenvalue weighted by atomic mass is 10.1. The zero-order chi connectivity index (χ0) is 13.9. The van der Waals surface area contributed by atoms with E-state index in [-0.39, 0.29) is 0 Å². The molecule has 0 radical (unpaired) electrons. The van der Waals surface area contributed by atoms with Crippen LogP contribution in [0.5, 0.6) is 0 Å². The first-order valence-corrected chi connectivity index (χ1v) is 7.56. The third-order valence-corrected chi connectivity index (χ3v) is 4.07. The van der Waals surface area contributed by atoms with Gasteiger partial charge in [0.2, 0.25) is 0 Å². The van der Waals surface area contributed by atoms with Crippen molar-refractivity contribution >= 4 is 0 Å². The number of aromatic amines is 1. The summed E-state index contributed by atoms with van der Waals surface area (Å²) < 4.78 is 0. The van der Waals surface area contributed by atoms with Gasteiger partial charge in [0, 0.05) is 11.6 Å². The second-order valence-corrected chi connectivity index (χ2v) is 5.98. The van der Waals surface area contributed by atoms with Crippen LogP contribution < -0.4 is 5.32 Å². The Morgan fingerprint density at radius 1 is 1.15 bits per heavy atom. The molecule has 1 saturated carbocycles. The van der Waals surface area contributed by atoms with Crippen molar-refractivity contribution in [1.29, 1.82) is 0 Å². The molecule has 1 fully saturated rings. The summed E-state index contributed by atoms with van der Waals surface area (Å²) in [5.74, 6) is 1.03. The standard InChI is InChI=1S/C17H23N3/c1-12-7-13(2)9-14(8-12)16-10-19-17(20-16)11-18-15-5-3-4-6-15/h7-10,15,18H,3-6,11H2,1-2H3,(H,19,20). The second kappa shape index (κ2) is 5.80. The summed E-state index contributed by atoms with van der Waals surface area (Å²) in [6.07, 6.45) is 7.29. The van der Waals surface area contributed by atoms with Crippen molar-refractivity contribution in [3.8, 4) is 11.3 Å². The van der Waals surface area contributed by atoms with Crippen LogP contribution in [0.3, 0.4) is 0 Å². The first-order valence-electron chi connectivity index (χ1n) is 7.56. The minimum atomic E-state index is 0.685. The highest BCUT2D eigenvalue weighted by atomic mass is 15.0. The Morgan fingerprint density at radius 2 is 1.85 bits per heavy atom. The maximum Gasteiger partial charge on any atom is 0.120 e. The molecule has 20 heavy (non-hydrogen) atoms. The van der Waals surface area contributed by atoms with Crippen LogP contribution in [0.25, 0.3) is 11.3 Å². The number of aromatic nitrogens is 2. The fourth-order valence-corrected chi connectivity index (χ4v) is 3.10. The van der Waals surface area contributed by atoms with Gasteiger partial charge < -0.3 is 10.3 Å². The summed E-state index contributed by atoms with van der Waals surface area (Å²) in [5.41, 5.74) is 4.92. The molecule has 1 aliphatic carbocycles. The molecule has 0 bridgehead atoms. The van der Waals surface area contributed by atoms with E-state index in [1.54, 1.807) is 0 Å². The lowest BCUT2D eigenvalue weighted by Gasteiger charge is -2.09. The van der Waals surface area contributed by atoms with Gasteiger partial charge in [0.1, 0.15) is 5.82 Å². The molecule has 0 saturated heterocycles. The van der Waals surface area contributed by atoms with E-state index in [2.05, 4.69) is 47.3 Å². The van der Waals surface area contributed by atoms with E-state index >= 15 is 0 Å². The Balaban J connectivity index is 1.69. The molecule has 3 rings (SSSR count). The third kappa shape index (κ3) is 3.10. The van der Waals surface area contributed by atoms with Gasteiger partial charge in [-0.1, -0.05) is 30.0 Å². The van der Waals surface area contributed by atoms with Gasteiger partial charge >= 0.3 is 0 Å². The highest BCUT2D eigenvalue weighted by Crippen LogP contribution is 2.21. The quantitative estimate of drug-likeness (QED) is 0.888. The molecule has 0 aliphatic heterocycles. The number of nitrogens with one attached hydrogen (secondary N) is 2. The second-order valence-electron chi connectivity index (χ2n) is 5.98. The van der Waals surface area contributed by atoms with Crippen LogP contribution in [0.2, 0.25) is 0 Å². The molecule has 2 N–H and O–H groups in total.